The smallest absolute Gasteiger partial charge is 0.338 e. The van der Waals surface area contributed by atoms with Gasteiger partial charge in [0.1, 0.15) is 0 Å². The lowest BCUT2D eigenvalue weighted by Crippen LogP contribution is -2.47. The quantitative estimate of drug-likeness (QED) is 0.423. The Hall–Kier alpha value is -1.68. The molecule has 0 bridgehead atoms. The van der Waals surface area contributed by atoms with Crippen LogP contribution in [-0.2, 0) is 19.9 Å². The zero-order chi connectivity index (χ0) is 10.6. The van der Waals surface area contributed by atoms with Crippen molar-refractivity contribution in [2.45, 2.75) is 5.54 Å². The number of aldehydes is 1. The minimum absolute atomic E-state index is 0.383. The number of nitrogens with two attached hydrogens (primary N) is 1. The van der Waals surface area contributed by atoms with Crippen LogP contribution >= 0.6 is 0 Å². The predicted molar refractivity (Wildman–Crippen MR) is 50.4 cm³/mol. The third-order valence-corrected chi connectivity index (χ3v) is 1.96. The molecular formula is C10H11NO3. The van der Waals surface area contributed by atoms with Gasteiger partial charge < -0.3 is 15.3 Å². The van der Waals surface area contributed by atoms with Gasteiger partial charge in [-0.25, -0.2) is 4.79 Å². The van der Waals surface area contributed by atoms with E-state index in [1.807, 2.05) is 0 Å². The summed E-state index contributed by atoms with van der Waals surface area (Å²) >= 11 is 0. The van der Waals surface area contributed by atoms with E-state index < -0.39 is 11.5 Å². The van der Waals surface area contributed by atoms with Crippen LogP contribution in [-0.4, -0.2) is 19.4 Å². The van der Waals surface area contributed by atoms with E-state index in [2.05, 4.69) is 4.74 Å². The average Bonchev–Trinajstić information content (AvgIpc) is 2.28. The van der Waals surface area contributed by atoms with Crippen LogP contribution in [0.4, 0.5) is 0 Å². The van der Waals surface area contributed by atoms with Crippen LogP contribution in [0.1, 0.15) is 5.56 Å². The molecule has 1 atom stereocenters. The van der Waals surface area contributed by atoms with Crippen LogP contribution in [0, 0.1) is 0 Å². The second kappa shape index (κ2) is 4.02. The summed E-state index contributed by atoms with van der Waals surface area (Å²) in [6.07, 6.45) is 0.383. The molecule has 0 aromatic heterocycles. The number of ether oxygens (including phenoxy) is 1. The van der Waals surface area contributed by atoms with Gasteiger partial charge in [0.25, 0.3) is 0 Å². The monoisotopic (exact) mass is 193 g/mol. The molecule has 0 aliphatic heterocycles. The summed E-state index contributed by atoms with van der Waals surface area (Å²) in [6, 6.07) is 8.37. The van der Waals surface area contributed by atoms with Crippen LogP contribution in [0.25, 0.3) is 0 Å². The molecule has 1 rings (SSSR count). The van der Waals surface area contributed by atoms with Gasteiger partial charge in [-0.15, -0.1) is 0 Å². The van der Waals surface area contributed by atoms with Gasteiger partial charge in [0.2, 0.25) is 0 Å². The van der Waals surface area contributed by atoms with E-state index in [4.69, 9.17) is 5.73 Å². The number of methoxy groups -OCH3 is 1. The number of esters is 1. The molecule has 0 aliphatic carbocycles. The zero-order valence-corrected chi connectivity index (χ0v) is 7.77. The standard InChI is InChI=1S/C10H11NO3/c1-14-9(13)10(11,7-12)8-5-3-2-4-6-8/h2-7H,11H2,1H3. The third-order valence-electron chi connectivity index (χ3n) is 1.96. The molecule has 0 spiro atoms. The fourth-order valence-corrected chi connectivity index (χ4v) is 1.12. The van der Waals surface area contributed by atoms with Gasteiger partial charge in [-0.2, -0.15) is 0 Å². The lowest BCUT2D eigenvalue weighted by atomic mass is 9.93. The SMILES string of the molecule is COC(=O)C(N)(C=O)c1ccccc1. The highest BCUT2D eigenvalue weighted by molar-refractivity contribution is 5.98. The molecule has 2 N–H and O–H groups in total. The number of benzene rings is 1. The summed E-state index contributed by atoms with van der Waals surface area (Å²) in [5.74, 6) is -0.765. The van der Waals surface area contributed by atoms with Gasteiger partial charge in [0.15, 0.2) is 11.8 Å². The Morgan fingerprint density at radius 2 is 2.00 bits per heavy atom. The molecule has 0 fully saturated rings. The predicted octanol–water partition coefficient (Wildman–Crippen LogP) is 0.212. The first kappa shape index (κ1) is 10.4. The van der Waals surface area contributed by atoms with E-state index in [1.165, 1.54) is 7.11 Å². The lowest BCUT2D eigenvalue weighted by molar-refractivity contribution is -0.149. The number of carbonyl (C=O) groups excluding carboxylic acids is 2. The molecule has 0 aliphatic rings. The Bertz CT molecular complexity index is 336. The Morgan fingerprint density at radius 3 is 2.43 bits per heavy atom. The van der Waals surface area contributed by atoms with E-state index in [0.29, 0.717) is 11.8 Å². The second-order valence-corrected chi connectivity index (χ2v) is 2.84. The average molecular weight is 193 g/mol. The molecule has 1 unspecified atom stereocenters. The Labute approximate surface area is 81.7 Å². The highest BCUT2D eigenvalue weighted by Crippen LogP contribution is 2.16. The van der Waals surface area contributed by atoms with Crippen molar-refractivity contribution in [1.29, 1.82) is 0 Å². The molecular weight excluding hydrogens is 182 g/mol. The van der Waals surface area contributed by atoms with Crippen molar-refractivity contribution >= 4 is 12.3 Å². The topological polar surface area (TPSA) is 69.4 Å². The Kier molecular flexibility index (Phi) is 2.99. The first-order valence-electron chi connectivity index (χ1n) is 4.04. The van der Waals surface area contributed by atoms with Gasteiger partial charge in [-0.05, 0) is 5.56 Å². The molecule has 0 saturated carbocycles. The van der Waals surface area contributed by atoms with Gasteiger partial charge in [0, 0.05) is 0 Å². The van der Waals surface area contributed by atoms with Gasteiger partial charge in [-0.1, -0.05) is 30.3 Å². The minimum atomic E-state index is -1.70. The minimum Gasteiger partial charge on any atom is -0.467 e. The molecule has 4 nitrogen and oxygen atoms in total. The van der Waals surface area contributed by atoms with Crippen molar-refractivity contribution in [3.8, 4) is 0 Å². The fraction of sp³-hybridized carbons (Fsp3) is 0.200. The summed E-state index contributed by atoms with van der Waals surface area (Å²) < 4.78 is 4.47. The number of rotatable bonds is 3. The first-order valence-corrected chi connectivity index (χ1v) is 4.04. The van der Waals surface area contributed by atoms with E-state index in [9.17, 15) is 9.59 Å². The molecule has 1 aromatic carbocycles. The molecule has 0 heterocycles. The maximum absolute atomic E-state index is 11.3. The Morgan fingerprint density at radius 1 is 1.43 bits per heavy atom. The molecule has 0 amide bonds. The van der Waals surface area contributed by atoms with Crippen molar-refractivity contribution in [3.05, 3.63) is 35.9 Å². The molecule has 14 heavy (non-hydrogen) atoms. The lowest BCUT2D eigenvalue weighted by Gasteiger charge is -2.19. The maximum Gasteiger partial charge on any atom is 0.338 e. The van der Waals surface area contributed by atoms with Crippen LogP contribution < -0.4 is 5.73 Å². The zero-order valence-electron chi connectivity index (χ0n) is 7.77. The van der Waals surface area contributed by atoms with Crippen LogP contribution in [0.2, 0.25) is 0 Å². The molecule has 0 radical (unpaired) electrons. The number of carbonyl (C=O) groups is 2. The van der Waals surface area contributed by atoms with Crippen molar-refractivity contribution in [3.63, 3.8) is 0 Å². The largest absolute Gasteiger partial charge is 0.467 e. The van der Waals surface area contributed by atoms with Gasteiger partial charge in [-0.3, -0.25) is 0 Å². The highest BCUT2D eigenvalue weighted by Gasteiger charge is 2.36. The van der Waals surface area contributed by atoms with Crippen molar-refractivity contribution in [1.82, 2.24) is 0 Å². The van der Waals surface area contributed by atoms with E-state index in [-0.39, 0.29) is 0 Å². The number of hydrogen-bond acceptors (Lipinski definition) is 4. The molecule has 0 saturated heterocycles. The molecule has 4 heteroatoms. The summed E-state index contributed by atoms with van der Waals surface area (Å²) in [5, 5.41) is 0. The summed E-state index contributed by atoms with van der Waals surface area (Å²) in [5.41, 5.74) is 4.35. The highest BCUT2D eigenvalue weighted by atomic mass is 16.5. The first-order chi connectivity index (χ1) is 6.65. The van der Waals surface area contributed by atoms with E-state index >= 15 is 0 Å². The normalized spacial score (nSPS) is 14.1. The third kappa shape index (κ3) is 1.65. The summed E-state index contributed by atoms with van der Waals surface area (Å²) in [7, 11) is 1.19. The fourth-order valence-electron chi connectivity index (χ4n) is 1.12. The van der Waals surface area contributed by atoms with E-state index in [1.54, 1.807) is 30.3 Å². The van der Waals surface area contributed by atoms with Gasteiger partial charge >= 0.3 is 5.97 Å². The van der Waals surface area contributed by atoms with Crippen LogP contribution in [0.3, 0.4) is 0 Å². The summed E-state index contributed by atoms with van der Waals surface area (Å²) in [4.78, 5) is 22.1. The number of hydrogen-bond donors (Lipinski definition) is 1. The van der Waals surface area contributed by atoms with Crippen molar-refractivity contribution < 1.29 is 14.3 Å². The van der Waals surface area contributed by atoms with Crippen LogP contribution in [0.15, 0.2) is 30.3 Å². The van der Waals surface area contributed by atoms with Crippen molar-refractivity contribution in [2.75, 3.05) is 7.11 Å². The van der Waals surface area contributed by atoms with E-state index in [0.717, 1.165) is 0 Å². The summed E-state index contributed by atoms with van der Waals surface area (Å²) in [6.45, 7) is 0. The molecule has 1 aromatic rings. The Balaban J connectivity index is 3.14. The van der Waals surface area contributed by atoms with Crippen molar-refractivity contribution in [2.24, 2.45) is 5.73 Å². The molecule has 74 valence electrons. The maximum atomic E-state index is 11.3. The van der Waals surface area contributed by atoms with Crippen LogP contribution in [0.5, 0.6) is 0 Å². The van der Waals surface area contributed by atoms with Gasteiger partial charge in [0.05, 0.1) is 7.11 Å². The second-order valence-electron chi connectivity index (χ2n) is 2.84.